The van der Waals surface area contributed by atoms with E-state index in [9.17, 15) is 4.39 Å². The van der Waals surface area contributed by atoms with Gasteiger partial charge in [0.1, 0.15) is 5.82 Å². The van der Waals surface area contributed by atoms with Crippen LogP contribution in [0.25, 0.3) is 0 Å². The Bertz CT molecular complexity index is 607. The van der Waals surface area contributed by atoms with Crippen molar-refractivity contribution in [2.75, 3.05) is 5.75 Å². The molecular formula is C16H18ClFN2S. The molecule has 2 rings (SSSR count). The van der Waals surface area contributed by atoms with E-state index < -0.39 is 0 Å². The van der Waals surface area contributed by atoms with Gasteiger partial charge in [-0.2, -0.15) is 0 Å². The van der Waals surface area contributed by atoms with Gasteiger partial charge in [0.25, 0.3) is 0 Å². The van der Waals surface area contributed by atoms with Gasteiger partial charge < -0.3 is 0 Å². The van der Waals surface area contributed by atoms with Crippen LogP contribution in [0, 0.1) is 12.7 Å². The molecule has 0 radical (unpaired) electrons. The molecule has 2 nitrogen and oxygen atoms in total. The molecule has 1 unspecified atom stereocenters. The molecule has 0 aliphatic rings. The van der Waals surface area contributed by atoms with E-state index >= 15 is 0 Å². The number of hydrogen-bond acceptors (Lipinski definition) is 3. The topological polar surface area (TPSA) is 38.0 Å². The monoisotopic (exact) mass is 324 g/mol. The molecule has 0 spiro atoms. The minimum atomic E-state index is -0.250. The Morgan fingerprint density at radius 2 is 2.10 bits per heavy atom. The predicted molar refractivity (Wildman–Crippen MR) is 88.1 cm³/mol. The number of nitrogens with two attached hydrogens (primary N) is 1. The average molecular weight is 325 g/mol. The summed E-state index contributed by atoms with van der Waals surface area (Å²) < 4.78 is 13.7. The lowest BCUT2D eigenvalue weighted by molar-refractivity contribution is 0.546. The largest absolute Gasteiger partial charge is 0.271 e. The molecule has 112 valence electrons. The zero-order valence-corrected chi connectivity index (χ0v) is 13.3. The van der Waals surface area contributed by atoms with Crippen LogP contribution < -0.4 is 11.3 Å². The van der Waals surface area contributed by atoms with Crippen molar-refractivity contribution in [3.63, 3.8) is 0 Å². The van der Waals surface area contributed by atoms with E-state index in [-0.39, 0.29) is 11.9 Å². The maximum absolute atomic E-state index is 13.7. The van der Waals surface area contributed by atoms with Crippen LogP contribution in [0.5, 0.6) is 0 Å². The zero-order valence-electron chi connectivity index (χ0n) is 11.8. The highest BCUT2D eigenvalue weighted by Crippen LogP contribution is 2.22. The summed E-state index contributed by atoms with van der Waals surface area (Å²) in [5.74, 6) is 6.09. The minimum Gasteiger partial charge on any atom is -0.271 e. The van der Waals surface area contributed by atoms with Crippen molar-refractivity contribution in [3.8, 4) is 0 Å². The van der Waals surface area contributed by atoms with Crippen LogP contribution in [0.15, 0.2) is 47.4 Å². The Hall–Kier alpha value is -1.07. The number of hydrogen-bond donors (Lipinski definition) is 2. The lowest BCUT2D eigenvalue weighted by atomic mass is 10.1. The third-order valence-corrected chi connectivity index (χ3v) is 4.54. The van der Waals surface area contributed by atoms with Crippen LogP contribution in [0.2, 0.25) is 5.02 Å². The minimum absolute atomic E-state index is 0.0246. The van der Waals surface area contributed by atoms with Crippen LogP contribution in [0.1, 0.15) is 11.1 Å². The Kier molecular flexibility index (Phi) is 6.06. The van der Waals surface area contributed by atoms with Crippen LogP contribution in [-0.2, 0) is 6.42 Å². The number of halogens is 2. The summed E-state index contributed by atoms with van der Waals surface area (Å²) in [6.45, 7) is 2.06. The van der Waals surface area contributed by atoms with Crippen molar-refractivity contribution in [3.05, 3.63) is 64.4 Å². The van der Waals surface area contributed by atoms with Crippen molar-refractivity contribution in [1.82, 2.24) is 5.43 Å². The predicted octanol–water partition coefficient (Wildman–Crippen LogP) is 3.95. The molecule has 0 saturated heterocycles. The number of nitrogens with one attached hydrogen (secondary N) is 1. The first kappa shape index (κ1) is 16.3. The van der Waals surface area contributed by atoms with E-state index in [1.54, 1.807) is 23.9 Å². The Morgan fingerprint density at radius 3 is 2.81 bits per heavy atom. The molecule has 5 heteroatoms. The smallest absolute Gasteiger partial charge is 0.126 e. The Morgan fingerprint density at radius 1 is 1.29 bits per heavy atom. The number of benzene rings is 2. The standard InChI is InChI=1S/C16H18ClFN2S/c1-11-3-2-4-15(7-11)21-10-14(20-19)9-12-8-13(17)5-6-16(12)18/h2-8,14,20H,9-10,19H2,1H3. The number of rotatable bonds is 6. The molecule has 2 aromatic carbocycles. The van der Waals surface area contributed by atoms with Gasteiger partial charge in [0, 0.05) is 21.7 Å². The van der Waals surface area contributed by atoms with Crippen molar-refractivity contribution < 1.29 is 4.39 Å². The van der Waals surface area contributed by atoms with E-state index in [1.807, 2.05) is 6.07 Å². The highest BCUT2D eigenvalue weighted by Gasteiger charge is 2.12. The normalized spacial score (nSPS) is 12.4. The number of thioether (sulfide) groups is 1. The fourth-order valence-corrected chi connectivity index (χ4v) is 3.28. The maximum Gasteiger partial charge on any atom is 0.126 e. The Labute approximate surface area is 133 Å². The maximum atomic E-state index is 13.7. The summed E-state index contributed by atoms with van der Waals surface area (Å²) in [6, 6.07) is 12.8. The van der Waals surface area contributed by atoms with Gasteiger partial charge in [0.2, 0.25) is 0 Å². The van der Waals surface area contributed by atoms with E-state index in [2.05, 4.69) is 30.5 Å². The zero-order chi connectivity index (χ0) is 15.2. The first-order chi connectivity index (χ1) is 10.1. The van der Waals surface area contributed by atoms with Crippen LogP contribution >= 0.6 is 23.4 Å². The third kappa shape index (κ3) is 5.00. The average Bonchev–Trinajstić information content (AvgIpc) is 2.47. The molecule has 0 heterocycles. The molecule has 0 aliphatic heterocycles. The molecule has 1 atom stereocenters. The molecule has 0 bridgehead atoms. The van der Waals surface area contributed by atoms with E-state index in [0.717, 1.165) is 5.75 Å². The molecule has 0 amide bonds. The van der Waals surface area contributed by atoms with Gasteiger partial charge in [-0.15, -0.1) is 11.8 Å². The van der Waals surface area contributed by atoms with Crippen LogP contribution in [0.3, 0.4) is 0 Å². The molecule has 2 aromatic rings. The highest BCUT2D eigenvalue weighted by atomic mass is 35.5. The molecule has 0 fully saturated rings. The molecule has 0 saturated carbocycles. The van der Waals surface area contributed by atoms with E-state index in [0.29, 0.717) is 17.0 Å². The summed E-state index contributed by atoms with van der Waals surface area (Å²) in [5, 5.41) is 0.536. The number of hydrazine groups is 1. The summed E-state index contributed by atoms with van der Waals surface area (Å²) in [5.41, 5.74) is 4.55. The molecular weight excluding hydrogens is 307 g/mol. The molecule has 3 N–H and O–H groups in total. The second kappa shape index (κ2) is 7.80. The van der Waals surface area contributed by atoms with Gasteiger partial charge in [0.15, 0.2) is 0 Å². The first-order valence-electron chi connectivity index (χ1n) is 6.68. The van der Waals surface area contributed by atoms with Crippen molar-refractivity contribution in [2.24, 2.45) is 5.84 Å². The fraction of sp³-hybridized carbons (Fsp3) is 0.250. The third-order valence-electron chi connectivity index (χ3n) is 3.15. The van der Waals surface area contributed by atoms with Gasteiger partial charge in [-0.25, -0.2) is 4.39 Å². The molecule has 0 aliphatic carbocycles. The van der Waals surface area contributed by atoms with E-state index in [1.165, 1.54) is 16.5 Å². The van der Waals surface area contributed by atoms with Gasteiger partial charge in [0.05, 0.1) is 0 Å². The van der Waals surface area contributed by atoms with Gasteiger partial charge in [-0.1, -0.05) is 29.3 Å². The van der Waals surface area contributed by atoms with Crippen LogP contribution in [-0.4, -0.2) is 11.8 Å². The van der Waals surface area contributed by atoms with Crippen molar-refractivity contribution >= 4 is 23.4 Å². The molecule has 0 aromatic heterocycles. The second-order valence-electron chi connectivity index (χ2n) is 4.93. The SMILES string of the molecule is Cc1cccc(SCC(Cc2cc(Cl)ccc2F)NN)c1. The fourth-order valence-electron chi connectivity index (χ4n) is 2.03. The lowest BCUT2D eigenvalue weighted by Crippen LogP contribution is -2.38. The van der Waals surface area contributed by atoms with Crippen molar-refractivity contribution in [1.29, 1.82) is 0 Å². The summed E-state index contributed by atoms with van der Waals surface area (Å²) in [6.07, 6.45) is 0.502. The van der Waals surface area contributed by atoms with E-state index in [4.69, 9.17) is 17.4 Å². The van der Waals surface area contributed by atoms with Crippen LogP contribution in [0.4, 0.5) is 4.39 Å². The Balaban J connectivity index is 1.98. The van der Waals surface area contributed by atoms with Crippen molar-refractivity contribution in [2.45, 2.75) is 24.3 Å². The summed E-state index contributed by atoms with van der Waals surface area (Å²) in [4.78, 5) is 1.18. The summed E-state index contributed by atoms with van der Waals surface area (Å²) in [7, 11) is 0. The first-order valence-corrected chi connectivity index (χ1v) is 8.04. The highest BCUT2D eigenvalue weighted by molar-refractivity contribution is 7.99. The van der Waals surface area contributed by atoms with Gasteiger partial charge >= 0.3 is 0 Å². The van der Waals surface area contributed by atoms with Gasteiger partial charge in [-0.05, 0) is 49.2 Å². The van der Waals surface area contributed by atoms with Gasteiger partial charge in [-0.3, -0.25) is 11.3 Å². The summed E-state index contributed by atoms with van der Waals surface area (Å²) >= 11 is 7.61. The second-order valence-corrected chi connectivity index (χ2v) is 6.46. The lowest BCUT2D eigenvalue weighted by Gasteiger charge is -2.16. The quantitative estimate of drug-likeness (QED) is 0.480. The number of aryl methyl sites for hydroxylation is 1. The molecule has 21 heavy (non-hydrogen) atoms.